The molecule has 0 aliphatic heterocycles. The molecule has 0 atom stereocenters. The van der Waals surface area contributed by atoms with Gasteiger partial charge < -0.3 is 24.8 Å². The third-order valence-electron chi connectivity index (χ3n) is 11.1. The smallest absolute Gasteiger partial charge is 1.00 e. The number of benzene rings is 4. The molecule has 4 aromatic carbocycles. The summed E-state index contributed by atoms with van der Waals surface area (Å²) in [5.41, 5.74) is 17.9. The summed E-state index contributed by atoms with van der Waals surface area (Å²) in [5.74, 6) is 0. The monoisotopic (exact) mass is 808 g/mol. The third-order valence-corrected chi connectivity index (χ3v) is 19.1. The van der Waals surface area contributed by atoms with Crippen LogP contribution in [0.1, 0.15) is 145 Å². The minimum absolute atomic E-state index is 0. The molecule has 3 heteroatoms. The van der Waals surface area contributed by atoms with Gasteiger partial charge in [-0.2, -0.15) is 0 Å². The van der Waals surface area contributed by atoms with E-state index in [9.17, 15) is 0 Å². The van der Waals surface area contributed by atoms with Gasteiger partial charge in [0.25, 0.3) is 0 Å². The second kappa shape index (κ2) is 15.1. The zero-order valence-electron chi connectivity index (χ0n) is 34.3. The summed E-state index contributed by atoms with van der Waals surface area (Å²) in [4.78, 5) is 0. The Morgan fingerprint density at radius 1 is 0.577 bits per heavy atom. The molecule has 52 heavy (non-hydrogen) atoms. The average molecular weight is 811 g/mol. The molecule has 6 rings (SSSR count). The van der Waals surface area contributed by atoms with E-state index in [0.29, 0.717) is 0 Å². The number of fused-ring (bicyclic) bond motifs is 3. The van der Waals surface area contributed by atoms with E-state index in [2.05, 4.69) is 182 Å². The Morgan fingerprint density at radius 3 is 1.48 bits per heavy atom. The fraction of sp³-hybridized carbons (Fsp3) is 0.408. The molecular weight excluding hydrogens is 751 g/mol. The molecule has 0 nitrogen and oxygen atoms in total. The maximum atomic E-state index is 2.60. The van der Waals surface area contributed by atoms with Crippen LogP contribution in [0.4, 0.5) is 0 Å². The molecule has 0 spiro atoms. The number of hydrogen-bond acceptors (Lipinski definition) is 0. The van der Waals surface area contributed by atoms with Gasteiger partial charge in [0.15, 0.2) is 0 Å². The summed E-state index contributed by atoms with van der Waals surface area (Å²) < 4.78 is 5.01. The fourth-order valence-corrected chi connectivity index (χ4v) is 16.8. The van der Waals surface area contributed by atoms with E-state index in [1.165, 1.54) is 61.2 Å². The Balaban J connectivity index is 0.00000302. The molecule has 4 aromatic rings. The molecule has 0 saturated carbocycles. The molecule has 0 aromatic heterocycles. The SMILES string of the molecule is Cc1cc2c(cc1C(C)(C)C)-c1cc(C(C)(C)C)c(C)[c]([Zr+2]([C]3=CC=CC3)=[C](c3ccc(C(C)(C)C)cc3)c3ccc(C(C)(C)C)cc3)c1C2.[Cl-].[Cl-]. The van der Waals surface area contributed by atoms with Crippen molar-refractivity contribution in [3.63, 3.8) is 0 Å². The topological polar surface area (TPSA) is 0 Å². The van der Waals surface area contributed by atoms with Crippen molar-refractivity contribution >= 4 is 6.48 Å². The van der Waals surface area contributed by atoms with Crippen LogP contribution in [-0.2, 0) is 49.3 Å². The van der Waals surface area contributed by atoms with Crippen LogP contribution in [0.5, 0.6) is 0 Å². The molecule has 0 amide bonds. The Kier molecular flexibility index (Phi) is 12.3. The number of rotatable bonds is 4. The number of aryl methyl sites for hydroxylation is 1. The fourth-order valence-electron chi connectivity index (χ4n) is 8.35. The van der Waals surface area contributed by atoms with Crippen LogP contribution in [0.15, 0.2) is 88.2 Å². The summed E-state index contributed by atoms with van der Waals surface area (Å²) in [6.45, 7) is 33.1. The van der Waals surface area contributed by atoms with Gasteiger partial charge in [0.2, 0.25) is 0 Å². The van der Waals surface area contributed by atoms with E-state index in [1.807, 2.05) is 0 Å². The van der Waals surface area contributed by atoms with Gasteiger partial charge in [0.1, 0.15) is 0 Å². The van der Waals surface area contributed by atoms with Crippen molar-refractivity contribution in [2.75, 3.05) is 0 Å². The van der Waals surface area contributed by atoms with Crippen LogP contribution in [0.2, 0.25) is 0 Å². The molecule has 0 radical (unpaired) electrons. The van der Waals surface area contributed by atoms with Crippen LogP contribution in [0.3, 0.4) is 0 Å². The van der Waals surface area contributed by atoms with Gasteiger partial charge in [-0.3, -0.25) is 0 Å². The summed E-state index contributed by atoms with van der Waals surface area (Å²) in [7, 11) is 0. The van der Waals surface area contributed by atoms with E-state index >= 15 is 0 Å². The summed E-state index contributed by atoms with van der Waals surface area (Å²) >= 11 is -2.86. The molecule has 0 bridgehead atoms. The van der Waals surface area contributed by atoms with E-state index in [-0.39, 0.29) is 46.5 Å². The first-order valence-electron chi connectivity index (χ1n) is 18.8. The minimum Gasteiger partial charge on any atom is -1.00 e. The van der Waals surface area contributed by atoms with Crippen molar-refractivity contribution in [2.24, 2.45) is 0 Å². The van der Waals surface area contributed by atoms with E-state index in [4.69, 9.17) is 0 Å². The molecule has 274 valence electrons. The molecule has 0 heterocycles. The maximum absolute atomic E-state index is 2.86. The standard InChI is InChI=1S/C23H29.C21H26.C5H5.2ClH.Zr/c1-14-9-16-11-17-10-15(2)21(23(6,7)8)13-19(17)18(16)12-20(14)22(3,4)5;1-20(2,3)18-11-7-16(8-12-18)15-17-9-13-19(14-10-17)21(4,5)6;1-2-4-5-3-1;;;/h9,12-13H,11H2,1-8H3;7-14H,1-6H3;1-3H,4H2;2*1H;/q;;;;;+2/p-2. The molecule has 0 N–H and O–H groups in total. The molecule has 0 saturated heterocycles. The largest absolute Gasteiger partial charge is 1.00 e. The molecule has 2 aliphatic carbocycles. The quantitative estimate of drug-likeness (QED) is 0.197. The molecule has 0 fully saturated rings. The number of halogens is 2. The molecule has 2 aliphatic rings. The van der Waals surface area contributed by atoms with E-state index in [0.717, 1.165) is 12.8 Å². The normalized spacial score (nSPS) is 13.8. The van der Waals surface area contributed by atoms with Gasteiger partial charge >= 0.3 is 314 Å². The third kappa shape index (κ3) is 8.19. The summed E-state index contributed by atoms with van der Waals surface area (Å²) in [6.07, 6.45) is 9.32. The Labute approximate surface area is 336 Å². The van der Waals surface area contributed by atoms with Crippen molar-refractivity contribution in [2.45, 2.75) is 131 Å². The van der Waals surface area contributed by atoms with Crippen molar-refractivity contribution in [1.82, 2.24) is 0 Å². The number of allylic oxidation sites excluding steroid dienone is 4. The van der Waals surface area contributed by atoms with Crippen LogP contribution in [0.25, 0.3) is 11.1 Å². The van der Waals surface area contributed by atoms with Crippen molar-refractivity contribution in [1.29, 1.82) is 0 Å². The zero-order valence-corrected chi connectivity index (χ0v) is 38.2. The first-order valence-corrected chi connectivity index (χ1v) is 22.5. The first-order chi connectivity index (χ1) is 23.2. The van der Waals surface area contributed by atoms with Gasteiger partial charge in [-0.05, 0) is 0 Å². The predicted octanol–water partition coefficient (Wildman–Crippen LogP) is 6.43. The van der Waals surface area contributed by atoms with Gasteiger partial charge in [-0.1, -0.05) is 0 Å². The maximum Gasteiger partial charge on any atom is -1.00 e. The zero-order chi connectivity index (χ0) is 36.6. The van der Waals surface area contributed by atoms with Crippen molar-refractivity contribution in [3.8, 4) is 11.1 Å². The van der Waals surface area contributed by atoms with Gasteiger partial charge in [0.05, 0.1) is 0 Å². The van der Waals surface area contributed by atoms with Crippen LogP contribution < -0.4 is 28.1 Å². The van der Waals surface area contributed by atoms with Crippen molar-refractivity contribution in [3.05, 3.63) is 144 Å². The molecular formula is C49H60Cl2Zr. The number of hydrogen-bond donors (Lipinski definition) is 0. The average Bonchev–Trinajstić information content (AvgIpc) is 3.66. The van der Waals surface area contributed by atoms with Gasteiger partial charge in [-0.15, -0.1) is 0 Å². The Hall–Kier alpha value is -2.31. The van der Waals surface area contributed by atoms with Crippen LogP contribution in [0, 0.1) is 13.8 Å². The second-order valence-electron chi connectivity index (χ2n) is 19.2. The van der Waals surface area contributed by atoms with Gasteiger partial charge in [-0.25, -0.2) is 0 Å². The van der Waals surface area contributed by atoms with E-state index < -0.39 is 21.3 Å². The Morgan fingerprint density at radius 2 is 1.06 bits per heavy atom. The van der Waals surface area contributed by atoms with Crippen molar-refractivity contribution < 1.29 is 46.1 Å². The van der Waals surface area contributed by atoms with Crippen LogP contribution in [-0.4, -0.2) is 3.21 Å². The van der Waals surface area contributed by atoms with Gasteiger partial charge in [0, 0.05) is 0 Å². The van der Waals surface area contributed by atoms with Crippen LogP contribution >= 0.6 is 0 Å². The predicted molar refractivity (Wildman–Crippen MR) is 217 cm³/mol. The minimum atomic E-state index is -2.86. The second-order valence-corrected chi connectivity index (χ2v) is 25.1. The Bertz CT molecular complexity index is 2000. The summed E-state index contributed by atoms with van der Waals surface area (Å²) in [6, 6.07) is 27.1. The molecule has 0 unspecified atom stereocenters. The summed E-state index contributed by atoms with van der Waals surface area (Å²) in [5, 5.41) is 0. The van der Waals surface area contributed by atoms with E-state index in [1.54, 1.807) is 15.3 Å². The first kappa shape index (κ1) is 42.4.